The molecule has 158 valence electrons. The van der Waals surface area contributed by atoms with Crippen LogP contribution in [0.2, 0.25) is 0 Å². The first kappa shape index (κ1) is 19.4. The van der Waals surface area contributed by atoms with Crippen molar-refractivity contribution < 1.29 is 27.4 Å². The Bertz CT molecular complexity index is 1200. The molecule has 0 spiro atoms. The minimum absolute atomic E-state index is 0.0415. The molecule has 1 aromatic heterocycles. The van der Waals surface area contributed by atoms with Gasteiger partial charge >= 0.3 is 0 Å². The third-order valence-corrected chi connectivity index (χ3v) is 5.63. The monoisotopic (exact) mass is 426 g/mol. The number of ketones is 1. The Labute approximate surface area is 175 Å². The highest BCUT2D eigenvalue weighted by molar-refractivity contribution is 5.82. The number of carbonyl (C=O) groups excluding carboxylic acids is 1. The third kappa shape index (κ3) is 3.69. The van der Waals surface area contributed by atoms with Crippen molar-refractivity contribution >= 4 is 11.6 Å². The van der Waals surface area contributed by atoms with Crippen LogP contribution >= 0.6 is 0 Å². The van der Waals surface area contributed by atoms with Crippen molar-refractivity contribution in [2.75, 3.05) is 5.73 Å². The summed E-state index contributed by atoms with van der Waals surface area (Å²) in [5, 5.41) is 0. The first-order chi connectivity index (χ1) is 14.9. The van der Waals surface area contributed by atoms with Crippen LogP contribution in [0.4, 0.5) is 19.0 Å². The van der Waals surface area contributed by atoms with Crippen LogP contribution in [0.3, 0.4) is 0 Å². The van der Waals surface area contributed by atoms with Gasteiger partial charge in [0.2, 0.25) is 0 Å². The van der Waals surface area contributed by atoms with Gasteiger partial charge in [-0.15, -0.1) is 0 Å². The van der Waals surface area contributed by atoms with Gasteiger partial charge in [-0.2, -0.15) is 0 Å². The van der Waals surface area contributed by atoms with Crippen LogP contribution < -0.4 is 15.2 Å². The van der Waals surface area contributed by atoms with Gasteiger partial charge in [0.25, 0.3) is 0 Å². The van der Waals surface area contributed by atoms with Gasteiger partial charge in [0.15, 0.2) is 11.6 Å². The third-order valence-electron chi connectivity index (χ3n) is 5.63. The van der Waals surface area contributed by atoms with Gasteiger partial charge in [-0.05, 0) is 35.9 Å². The SMILES string of the molecule is Nc1cc(Oc2ccc3c(c2)[C@H]2[C@H](CC(=O)Cc4cc(F)c(F)cc4F)[C@H]2O3)ccn1. The van der Waals surface area contributed by atoms with Crippen LogP contribution in [0.15, 0.2) is 48.7 Å². The number of Topliss-reactive ketones (excluding diaryl/α,β-unsaturated/α-hetero) is 1. The molecule has 2 aromatic carbocycles. The van der Waals surface area contributed by atoms with Crippen molar-refractivity contribution in [1.29, 1.82) is 0 Å². The van der Waals surface area contributed by atoms with E-state index in [1.165, 1.54) is 0 Å². The summed E-state index contributed by atoms with van der Waals surface area (Å²) in [4.78, 5) is 16.3. The Morgan fingerprint density at radius 1 is 1.03 bits per heavy atom. The first-order valence-electron chi connectivity index (χ1n) is 9.74. The van der Waals surface area contributed by atoms with Gasteiger partial charge in [0.05, 0.1) is 0 Å². The number of nitrogens with zero attached hydrogens (tertiary/aromatic N) is 1. The predicted molar refractivity (Wildman–Crippen MR) is 105 cm³/mol. The molecule has 31 heavy (non-hydrogen) atoms. The van der Waals surface area contributed by atoms with Gasteiger partial charge in [-0.1, -0.05) is 0 Å². The molecular weight excluding hydrogens is 409 g/mol. The second-order valence-electron chi connectivity index (χ2n) is 7.77. The molecule has 2 aliphatic rings. The van der Waals surface area contributed by atoms with Crippen LogP contribution in [-0.2, 0) is 11.2 Å². The van der Waals surface area contributed by atoms with E-state index >= 15 is 0 Å². The molecule has 1 saturated carbocycles. The van der Waals surface area contributed by atoms with E-state index in [1.807, 2.05) is 12.1 Å². The number of anilines is 1. The number of rotatable bonds is 6. The van der Waals surface area contributed by atoms with Crippen molar-refractivity contribution in [3.05, 3.63) is 77.2 Å². The Hall–Kier alpha value is -3.55. The maximum atomic E-state index is 13.8. The van der Waals surface area contributed by atoms with E-state index in [1.54, 1.807) is 24.4 Å². The zero-order valence-corrected chi connectivity index (χ0v) is 16.1. The maximum absolute atomic E-state index is 13.8. The molecule has 2 N–H and O–H groups in total. The van der Waals surface area contributed by atoms with E-state index < -0.39 is 17.5 Å². The summed E-state index contributed by atoms with van der Waals surface area (Å²) in [5.41, 5.74) is 6.47. The van der Waals surface area contributed by atoms with Crippen molar-refractivity contribution in [2.45, 2.75) is 24.9 Å². The number of ether oxygens (including phenoxy) is 2. The van der Waals surface area contributed by atoms with Crippen molar-refractivity contribution in [3.63, 3.8) is 0 Å². The predicted octanol–water partition coefficient (Wildman–Crippen LogP) is 4.55. The van der Waals surface area contributed by atoms with E-state index in [-0.39, 0.29) is 42.1 Å². The summed E-state index contributed by atoms with van der Waals surface area (Å²) < 4.78 is 52.0. The molecule has 1 aliphatic heterocycles. The number of fused-ring (bicyclic) bond motifs is 3. The molecule has 5 nitrogen and oxygen atoms in total. The molecule has 1 fully saturated rings. The summed E-state index contributed by atoms with van der Waals surface area (Å²) in [7, 11) is 0. The van der Waals surface area contributed by atoms with E-state index in [2.05, 4.69) is 4.98 Å². The maximum Gasteiger partial charge on any atom is 0.161 e. The molecule has 5 rings (SSSR count). The Morgan fingerprint density at radius 3 is 2.61 bits per heavy atom. The molecule has 1 aliphatic carbocycles. The molecule has 3 atom stereocenters. The van der Waals surface area contributed by atoms with E-state index in [0.29, 0.717) is 23.4 Å². The van der Waals surface area contributed by atoms with E-state index in [0.717, 1.165) is 17.4 Å². The zero-order chi connectivity index (χ0) is 21.7. The quantitative estimate of drug-likeness (QED) is 0.586. The van der Waals surface area contributed by atoms with Crippen LogP contribution in [0, 0.1) is 23.4 Å². The topological polar surface area (TPSA) is 74.4 Å². The van der Waals surface area contributed by atoms with Crippen molar-refractivity contribution in [1.82, 2.24) is 4.98 Å². The van der Waals surface area contributed by atoms with Gasteiger partial charge in [0.1, 0.15) is 40.8 Å². The van der Waals surface area contributed by atoms with Crippen molar-refractivity contribution in [2.24, 2.45) is 5.92 Å². The molecule has 0 unspecified atom stereocenters. The summed E-state index contributed by atoms with van der Waals surface area (Å²) >= 11 is 0. The number of halogens is 3. The van der Waals surface area contributed by atoms with Gasteiger partial charge in [0, 0.05) is 48.6 Å². The van der Waals surface area contributed by atoms with Crippen LogP contribution in [-0.4, -0.2) is 16.9 Å². The lowest BCUT2D eigenvalue weighted by Gasteiger charge is -2.11. The number of hydrogen-bond acceptors (Lipinski definition) is 5. The lowest BCUT2D eigenvalue weighted by atomic mass is 10.0. The number of hydrogen-bond donors (Lipinski definition) is 1. The first-order valence-corrected chi connectivity index (χ1v) is 9.74. The summed E-state index contributed by atoms with van der Waals surface area (Å²) in [6.45, 7) is 0. The van der Waals surface area contributed by atoms with Gasteiger partial charge < -0.3 is 15.2 Å². The summed E-state index contributed by atoms with van der Waals surface area (Å²) in [6.07, 6.45) is 1.30. The number of nitrogens with two attached hydrogens (primary N) is 1. The van der Waals surface area contributed by atoms with Crippen LogP contribution in [0.25, 0.3) is 0 Å². The number of pyridine rings is 1. The zero-order valence-electron chi connectivity index (χ0n) is 16.1. The summed E-state index contributed by atoms with van der Waals surface area (Å²) in [5.74, 6) is -1.38. The molecule has 0 bridgehead atoms. The second-order valence-corrected chi connectivity index (χ2v) is 7.77. The van der Waals surface area contributed by atoms with E-state index in [4.69, 9.17) is 15.2 Å². The minimum atomic E-state index is -1.28. The highest BCUT2D eigenvalue weighted by Gasteiger charge is 2.59. The number of nitrogen functional groups attached to an aromatic ring is 1. The number of aromatic nitrogens is 1. The molecule has 8 heteroatoms. The average Bonchev–Trinajstić information content (AvgIpc) is 3.23. The van der Waals surface area contributed by atoms with Crippen LogP contribution in [0.5, 0.6) is 17.2 Å². The molecule has 0 radical (unpaired) electrons. The molecule has 3 aromatic rings. The fraction of sp³-hybridized carbons (Fsp3) is 0.217. The Balaban J connectivity index is 1.26. The molecule has 2 heterocycles. The standard InChI is InChI=1S/C23H17F3N2O3/c24-17-10-19(26)18(25)6-11(17)5-12(29)7-16-22-15-8-13(1-2-20(15)31-23(16)22)30-14-3-4-28-21(27)9-14/h1-4,6,8-10,16,22-23H,5,7H2,(H2,27,28)/t16-,22-,23+/m0/s1. The smallest absolute Gasteiger partial charge is 0.161 e. The number of carbonyl (C=O) groups is 1. The van der Waals surface area contributed by atoms with Crippen LogP contribution in [0.1, 0.15) is 23.5 Å². The normalized spacial score (nSPS) is 20.5. The van der Waals surface area contributed by atoms with Gasteiger partial charge in [-0.25, -0.2) is 18.2 Å². The molecule has 0 amide bonds. The molecule has 0 saturated heterocycles. The fourth-order valence-electron chi connectivity index (χ4n) is 4.13. The van der Waals surface area contributed by atoms with Gasteiger partial charge in [-0.3, -0.25) is 4.79 Å². The second kappa shape index (κ2) is 7.30. The highest BCUT2D eigenvalue weighted by Crippen LogP contribution is 2.60. The lowest BCUT2D eigenvalue weighted by molar-refractivity contribution is -0.119. The summed E-state index contributed by atoms with van der Waals surface area (Å²) in [6, 6.07) is 9.97. The van der Waals surface area contributed by atoms with E-state index in [9.17, 15) is 18.0 Å². The fourth-order valence-corrected chi connectivity index (χ4v) is 4.13. The highest BCUT2D eigenvalue weighted by atomic mass is 19.2. The molecular formula is C23H17F3N2O3. The Morgan fingerprint density at radius 2 is 1.81 bits per heavy atom. The lowest BCUT2D eigenvalue weighted by Crippen LogP contribution is -2.10. The average molecular weight is 426 g/mol. The number of benzene rings is 2. The minimum Gasteiger partial charge on any atom is -0.489 e. The Kier molecular flexibility index (Phi) is 4.57. The largest absolute Gasteiger partial charge is 0.489 e. The van der Waals surface area contributed by atoms with Crippen molar-refractivity contribution in [3.8, 4) is 17.2 Å².